The Kier molecular flexibility index (Phi) is 5.36. The van der Waals surface area contributed by atoms with Crippen LogP contribution in [0.15, 0.2) is 16.8 Å². The molecule has 1 aromatic rings. The lowest BCUT2D eigenvalue weighted by Gasteiger charge is -2.38. The van der Waals surface area contributed by atoms with Crippen molar-refractivity contribution in [3.8, 4) is 0 Å². The second kappa shape index (κ2) is 7.03. The molecule has 0 unspecified atom stereocenters. The zero-order valence-electron chi connectivity index (χ0n) is 11.8. The van der Waals surface area contributed by atoms with E-state index >= 15 is 0 Å². The Morgan fingerprint density at radius 2 is 2.32 bits per heavy atom. The number of hydrogen-bond acceptors (Lipinski definition) is 4. The van der Waals surface area contributed by atoms with Crippen LogP contribution < -0.4 is 5.32 Å². The van der Waals surface area contributed by atoms with Gasteiger partial charge in [-0.05, 0) is 35.4 Å². The van der Waals surface area contributed by atoms with Crippen LogP contribution in [-0.2, 0) is 11.3 Å². The topological polar surface area (TPSA) is 35.6 Å². The molecule has 2 heterocycles. The number of amides is 1. The lowest BCUT2D eigenvalue weighted by atomic mass is 10.1. The highest BCUT2D eigenvalue weighted by Crippen LogP contribution is 2.10. The number of likely N-dealkylation sites (N-methyl/N-ethyl adjacent to an activating group) is 1. The molecule has 0 aliphatic carbocycles. The third-order valence-corrected chi connectivity index (χ3v) is 4.28. The van der Waals surface area contributed by atoms with E-state index in [-0.39, 0.29) is 5.91 Å². The molecular formula is C14H23N3OS. The second-order valence-corrected chi connectivity index (χ2v) is 5.94. The summed E-state index contributed by atoms with van der Waals surface area (Å²) in [5.41, 5.74) is 1.22. The van der Waals surface area contributed by atoms with Crippen molar-refractivity contribution in [2.45, 2.75) is 25.9 Å². The van der Waals surface area contributed by atoms with Gasteiger partial charge in [0.15, 0.2) is 0 Å². The van der Waals surface area contributed by atoms with Gasteiger partial charge >= 0.3 is 0 Å². The van der Waals surface area contributed by atoms with Gasteiger partial charge in [0.25, 0.3) is 0 Å². The fraction of sp³-hybridized carbons (Fsp3) is 0.643. The Bertz CT molecular complexity index is 389. The van der Waals surface area contributed by atoms with Crippen molar-refractivity contribution in [1.29, 1.82) is 0 Å². The van der Waals surface area contributed by atoms with Crippen molar-refractivity contribution >= 4 is 17.2 Å². The Morgan fingerprint density at radius 3 is 2.84 bits per heavy atom. The van der Waals surface area contributed by atoms with E-state index in [1.165, 1.54) is 5.56 Å². The fourth-order valence-electron chi connectivity index (χ4n) is 2.25. The van der Waals surface area contributed by atoms with E-state index in [1.54, 1.807) is 11.3 Å². The third kappa shape index (κ3) is 4.03. The SMILES string of the molecule is CCCN(CC(=O)N(C)Cc1ccsc1)C1CNC1. The van der Waals surface area contributed by atoms with Crippen LogP contribution >= 0.6 is 11.3 Å². The molecule has 4 nitrogen and oxygen atoms in total. The largest absolute Gasteiger partial charge is 0.340 e. The molecule has 0 aromatic carbocycles. The van der Waals surface area contributed by atoms with Crippen LogP contribution in [0.5, 0.6) is 0 Å². The van der Waals surface area contributed by atoms with Crippen LogP contribution in [0.4, 0.5) is 0 Å². The van der Waals surface area contributed by atoms with Crippen molar-refractivity contribution in [1.82, 2.24) is 15.1 Å². The Balaban J connectivity index is 1.83. The fourth-order valence-corrected chi connectivity index (χ4v) is 2.91. The maximum absolute atomic E-state index is 12.3. The normalized spacial score (nSPS) is 15.5. The minimum Gasteiger partial charge on any atom is -0.340 e. The summed E-state index contributed by atoms with van der Waals surface area (Å²) >= 11 is 1.68. The van der Waals surface area contributed by atoms with Crippen molar-refractivity contribution in [2.24, 2.45) is 0 Å². The van der Waals surface area contributed by atoms with Gasteiger partial charge in [0.2, 0.25) is 5.91 Å². The molecule has 106 valence electrons. The molecule has 0 bridgehead atoms. The Morgan fingerprint density at radius 1 is 1.53 bits per heavy atom. The van der Waals surface area contributed by atoms with E-state index in [0.29, 0.717) is 19.1 Å². The van der Waals surface area contributed by atoms with Gasteiger partial charge in [0.1, 0.15) is 0 Å². The average molecular weight is 281 g/mol. The lowest BCUT2D eigenvalue weighted by molar-refractivity contribution is -0.132. The standard InChI is InChI=1S/C14H23N3OS/c1-3-5-17(13-7-15-8-13)10-14(18)16(2)9-12-4-6-19-11-12/h4,6,11,13,15H,3,5,7-10H2,1-2H3. The molecule has 2 rings (SSSR count). The van der Waals surface area contributed by atoms with Crippen LogP contribution in [-0.4, -0.2) is 55.0 Å². The van der Waals surface area contributed by atoms with Gasteiger partial charge in [-0.3, -0.25) is 9.69 Å². The minimum atomic E-state index is 0.214. The monoisotopic (exact) mass is 281 g/mol. The minimum absolute atomic E-state index is 0.214. The van der Waals surface area contributed by atoms with Crippen molar-refractivity contribution in [2.75, 3.05) is 33.2 Å². The van der Waals surface area contributed by atoms with E-state index in [0.717, 1.165) is 26.1 Å². The summed E-state index contributed by atoms with van der Waals surface area (Å²) in [6.45, 7) is 6.46. The highest BCUT2D eigenvalue weighted by molar-refractivity contribution is 7.07. The van der Waals surface area contributed by atoms with E-state index in [4.69, 9.17) is 0 Å². The van der Waals surface area contributed by atoms with Gasteiger partial charge in [-0.2, -0.15) is 11.3 Å². The first-order valence-electron chi connectivity index (χ1n) is 6.90. The molecule has 0 radical (unpaired) electrons. The predicted molar refractivity (Wildman–Crippen MR) is 79.3 cm³/mol. The lowest BCUT2D eigenvalue weighted by Crippen LogP contribution is -2.59. The van der Waals surface area contributed by atoms with Crippen LogP contribution in [0.25, 0.3) is 0 Å². The summed E-state index contributed by atoms with van der Waals surface area (Å²) in [5.74, 6) is 0.214. The molecule has 1 aliphatic rings. The number of rotatable bonds is 7. The van der Waals surface area contributed by atoms with Gasteiger partial charge in [0, 0.05) is 32.7 Å². The van der Waals surface area contributed by atoms with Gasteiger partial charge in [-0.25, -0.2) is 0 Å². The Labute approximate surface area is 119 Å². The van der Waals surface area contributed by atoms with Crippen LogP contribution in [0, 0.1) is 0 Å². The summed E-state index contributed by atoms with van der Waals surface area (Å²) in [4.78, 5) is 16.4. The molecule has 19 heavy (non-hydrogen) atoms. The van der Waals surface area contributed by atoms with Crippen LogP contribution in [0.2, 0.25) is 0 Å². The number of hydrogen-bond donors (Lipinski definition) is 1. The smallest absolute Gasteiger partial charge is 0.236 e. The Hall–Kier alpha value is -0.910. The number of carbonyl (C=O) groups excluding carboxylic acids is 1. The van der Waals surface area contributed by atoms with E-state index in [1.807, 2.05) is 11.9 Å². The maximum Gasteiger partial charge on any atom is 0.236 e. The van der Waals surface area contributed by atoms with Crippen molar-refractivity contribution in [3.05, 3.63) is 22.4 Å². The van der Waals surface area contributed by atoms with Crippen LogP contribution in [0.3, 0.4) is 0 Å². The van der Waals surface area contributed by atoms with Crippen LogP contribution in [0.1, 0.15) is 18.9 Å². The first-order chi connectivity index (χ1) is 9.20. The molecule has 0 spiro atoms. The molecule has 1 saturated heterocycles. The average Bonchev–Trinajstić information content (AvgIpc) is 2.79. The molecule has 5 heteroatoms. The zero-order chi connectivity index (χ0) is 13.7. The molecule has 1 aromatic heterocycles. The number of nitrogens with one attached hydrogen (secondary N) is 1. The number of nitrogens with zero attached hydrogens (tertiary/aromatic N) is 2. The third-order valence-electron chi connectivity index (χ3n) is 3.55. The second-order valence-electron chi connectivity index (χ2n) is 5.16. The molecule has 0 atom stereocenters. The maximum atomic E-state index is 12.3. The molecular weight excluding hydrogens is 258 g/mol. The number of carbonyl (C=O) groups is 1. The molecule has 0 saturated carbocycles. The molecule has 1 aliphatic heterocycles. The molecule has 1 amide bonds. The van der Waals surface area contributed by atoms with Crippen molar-refractivity contribution in [3.63, 3.8) is 0 Å². The van der Waals surface area contributed by atoms with Gasteiger partial charge in [0.05, 0.1) is 6.54 Å². The van der Waals surface area contributed by atoms with E-state index < -0.39 is 0 Å². The van der Waals surface area contributed by atoms with Crippen molar-refractivity contribution < 1.29 is 4.79 Å². The van der Waals surface area contributed by atoms with Gasteiger partial charge in [-0.1, -0.05) is 6.92 Å². The highest BCUT2D eigenvalue weighted by Gasteiger charge is 2.26. The summed E-state index contributed by atoms with van der Waals surface area (Å²) in [6, 6.07) is 2.62. The van der Waals surface area contributed by atoms with E-state index in [9.17, 15) is 4.79 Å². The number of thiophene rings is 1. The first kappa shape index (κ1) is 14.5. The summed E-state index contributed by atoms with van der Waals surface area (Å²) < 4.78 is 0. The summed E-state index contributed by atoms with van der Waals surface area (Å²) in [7, 11) is 1.89. The zero-order valence-corrected chi connectivity index (χ0v) is 12.6. The highest BCUT2D eigenvalue weighted by atomic mass is 32.1. The molecule has 1 fully saturated rings. The molecule has 1 N–H and O–H groups in total. The summed E-state index contributed by atoms with van der Waals surface area (Å²) in [5, 5.41) is 7.43. The quantitative estimate of drug-likeness (QED) is 0.820. The van der Waals surface area contributed by atoms with Gasteiger partial charge < -0.3 is 10.2 Å². The van der Waals surface area contributed by atoms with Gasteiger partial charge in [-0.15, -0.1) is 0 Å². The van der Waals surface area contributed by atoms with E-state index in [2.05, 4.69) is 34.0 Å². The summed E-state index contributed by atoms with van der Waals surface area (Å²) in [6.07, 6.45) is 1.10. The predicted octanol–water partition coefficient (Wildman–Crippen LogP) is 1.39. The first-order valence-corrected chi connectivity index (χ1v) is 7.84.